The van der Waals surface area contributed by atoms with E-state index in [0.29, 0.717) is 48.7 Å². The minimum absolute atomic E-state index is 0. The molecule has 3 N–H and O–H groups in total. The van der Waals surface area contributed by atoms with Crippen LogP contribution in [0.3, 0.4) is 0 Å². The standard InChI is InChI=1S/C18H23N3O4S.ClH/c19-11-16-10-15(13-25-16)18(22)20-12-14-6-8-21(9-7-14)26(23,24)17-4-2-1-3-5-17;/h1-5,10,13-14H,6-9,11-12,19H2,(H,20,22);1H. The lowest BCUT2D eigenvalue weighted by molar-refractivity contribution is 0.0941. The lowest BCUT2D eigenvalue weighted by Gasteiger charge is -2.31. The van der Waals surface area contributed by atoms with Gasteiger partial charge in [-0.3, -0.25) is 4.79 Å². The molecule has 3 rings (SSSR count). The van der Waals surface area contributed by atoms with E-state index in [1.165, 1.54) is 10.6 Å². The normalized spacial score (nSPS) is 15.9. The van der Waals surface area contributed by atoms with Crippen molar-refractivity contribution < 1.29 is 17.6 Å². The number of nitrogens with two attached hydrogens (primary N) is 1. The number of hydrogen-bond donors (Lipinski definition) is 2. The molecular formula is C18H24ClN3O4S. The Morgan fingerprint density at radius 2 is 1.89 bits per heavy atom. The molecule has 1 fully saturated rings. The SMILES string of the molecule is Cl.NCc1cc(C(=O)NCC2CCN(S(=O)(=O)c3ccccc3)CC2)co1. The van der Waals surface area contributed by atoms with Crippen LogP contribution in [0, 0.1) is 5.92 Å². The highest BCUT2D eigenvalue weighted by Crippen LogP contribution is 2.23. The summed E-state index contributed by atoms with van der Waals surface area (Å²) in [6.45, 7) is 1.68. The van der Waals surface area contributed by atoms with Crippen molar-refractivity contribution in [3.05, 3.63) is 54.0 Å². The van der Waals surface area contributed by atoms with Gasteiger partial charge in [0.25, 0.3) is 5.91 Å². The van der Waals surface area contributed by atoms with Gasteiger partial charge in [0.2, 0.25) is 10.0 Å². The van der Waals surface area contributed by atoms with Gasteiger partial charge in [-0.05, 0) is 37.0 Å². The summed E-state index contributed by atoms with van der Waals surface area (Å²) in [5.41, 5.74) is 5.92. The van der Waals surface area contributed by atoms with Crippen molar-refractivity contribution in [3.63, 3.8) is 0 Å². The molecular weight excluding hydrogens is 390 g/mol. The largest absolute Gasteiger partial charge is 0.467 e. The van der Waals surface area contributed by atoms with E-state index in [2.05, 4.69) is 5.32 Å². The number of piperidine rings is 1. The third-order valence-electron chi connectivity index (χ3n) is 4.62. The van der Waals surface area contributed by atoms with Crippen molar-refractivity contribution in [3.8, 4) is 0 Å². The topological polar surface area (TPSA) is 106 Å². The van der Waals surface area contributed by atoms with E-state index in [4.69, 9.17) is 10.2 Å². The highest BCUT2D eigenvalue weighted by atomic mass is 35.5. The molecule has 2 heterocycles. The van der Waals surface area contributed by atoms with Crippen LogP contribution in [0.1, 0.15) is 29.0 Å². The number of hydrogen-bond acceptors (Lipinski definition) is 5. The summed E-state index contributed by atoms with van der Waals surface area (Å²) >= 11 is 0. The van der Waals surface area contributed by atoms with Crippen molar-refractivity contribution in [2.24, 2.45) is 11.7 Å². The van der Waals surface area contributed by atoms with Gasteiger partial charge in [-0.15, -0.1) is 12.4 Å². The zero-order valence-corrected chi connectivity index (χ0v) is 16.5. The Hall–Kier alpha value is -1.87. The number of carbonyl (C=O) groups is 1. The van der Waals surface area contributed by atoms with Gasteiger partial charge in [-0.1, -0.05) is 18.2 Å². The summed E-state index contributed by atoms with van der Waals surface area (Å²) in [6.07, 6.45) is 2.82. The minimum atomic E-state index is -3.44. The number of benzene rings is 1. The Kier molecular flexibility index (Phi) is 7.43. The lowest BCUT2D eigenvalue weighted by atomic mass is 9.98. The van der Waals surface area contributed by atoms with E-state index in [1.807, 2.05) is 0 Å². The van der Waals surface area contributed by atoms with Gasteiger partial charge in [0, 0.05) is 19.6 Å². The summed E-state index contributed by atoms with van der Waals surface area (Å²) < 4.78 is 31.9. The number of carbonyl (C=O) groups excluding carboxylic acids is 1. The zero-order valence-electron chi connectivity index (χ0n) is 14.8. The van der Waals surface area contributed by atoms with E-state index in [9.17, 15) is 13.2 Å². The van der Waals surface area contributed by atoms with E-state index in [1.54, 1.807) is 36.4 Å². The number of nitrogens with zero attached hydrogens (tertiary/aromatic N) is 1. The Morgan fingerprint density at radius 3 is 2.48 bits per heavy atom. The van der Waals surface area contributed by atoms with Gasteiger partial charge in [-0.2, -0.15) is 4.31 Å². The fraction of sp³-hybridized carbons (Fsp3) is 0.389. The summed E-state index contributed by atoms with van der Waals surface area (Å²) in [5, 5.41) is 2.88. The maximum absolute atomic E-state index is 12.6. The fourth-order valence-corrected chi connectivity index (χ4v) is 4.53. The first-order chi connectivity index (χ1) is 12.5. The molecule has 0 spiro atoms. The van der Waals surface area contributed by atoms with Crippen LogP contribution in [0.2, 0.25) is 0 Å². The molecule has 1 saturated heterocycles. The Bertz CT molecular complexity index is 847. The van der Waals surface area contributed by atoms with Gasteiger partial charge in [0.05, 0.1) is 17.0 Å². The molecule has 0 radical (unpaired) electrons. The summed E-state index contributed by atoms with van der Waals surface area (Å²) in [5.74, 6) is 0.615. The summed E-state index contributed by atoms with van der Waals surface area (Å²) in [4.78, 5) is 12.4. The molecule has 1 aromatic heterocycles. The van der Waals surface area contributed by atoms with Crippen LogP contribution < -0.4 is 11.1 Å². The lowest BCUT2D eigenvalue weighted by Crippen LogP contribution is -2.41. The molecule has 0 unspecified atom stereocenters. The number of nitrogens with one attached hydrogen (secondary N) is 1. The van der Waals surface area contributed by atoms with Crippen molar-refractivity contribution in [2.75, 3.05) is 19.6 Å². The van der Waals surface area contributed by atoms with Crippen LogP contribution in [-0.4, -0.2) is 38.3 Å². The second-order valence-corrected chi connectivity index (χ2v) is 8.31. The molecule has 2 aromatic rings. The second kappa shape index (κ2) is 9.36. The predicted octanol–water partition coefficient (Wildman–Crippen LogP) is 1.99. The smallest absolute Gasteiger partial charge is 0.254 e. The van der Waals surface area contributed by atoms with Crippen LogP contribution in [0.15, 0.2) is 52.0 Å². The van der Waals surface area contributed by atoms with Gasteiger partial charge in [0.15, 0.2) is 0 Å². The predicted molar refractivity (Wildman–Crippen MR) is 104 cm³/mol. The van der Waals surface area contributed by atoms with Crippen molar-refractivity contribution in [1.82, 2.24) is 9.62 Å². The number of halogens is 1. The van der Waals surface area contributed by atoms with E-state index in [0.717, 1.165) is 0 Å². The highest BCUT2D eigenvalue weighted by Gasteiger charge is 2.29. The first-order valence-electron chi connectivity index (χ1n) is 8.61. The van der Waals surface area contributed by atoms with Gasteiger partial charge >= 0.3 is 0 Å². The third kappa shape index (κ3) is 5.10. The monoisotopic (exact) mass is 413 g/mol. The molecule has 1 aromatic carbocycles. The summed E-state index contributed by atoms with van der Waals surface area (Å²) in [7, 11) is -3.44. The van der Waals surface area contributed by atoms with Crippen molar-refractivity contribution in [1.29, 1.82) is 0 Å². The van der Waals surface area contributed by atoms with E-state index >= 15 is 0 Å². The number of furan rings is 1. The molecule has 0 atom stereocenters. The number of sulfonamides is 1. The molecule has 1 aliphatic heterocycles. The van der Waals surface area contributed by atoms with Gasteiger partial charge in [-0.25, -0.2) is 8.42 Å². The molecule has 1 amide bonds. The maximum Gasteiger partial charge on any atom is 0.254 e. The minimum Gasteiger partial charge on any atom is -0.467 e. The first-order valence-corrected chi connectivity index (χ1v) is 10.1. The van der Waals surface area contributed by atoms with Crippen molar-refractivity contribution >= 4 is 28.3 Å². The highest BCUT2D eigenvalue weighted by molar-refractivity contribution is 7.89. The number of amides is 1. The van der Waals surface area contributed by atoms with Crippen LogP contribution in [0.5, 0.6) is 0 Å². The van der Waals surface area contributed by atoms with Crippen molar-refractivity contribution in [2.45, 2.75) is 24.3 Å². The third-order valence-corrected chi connectivity index (χ3v) is 6.54. The molecule has 27 heavy (non-hydrogen) atoms. The molecule has 0 aliphatic carbocycles. The summed E-state index contributed by atoms with van der Waals surface area (Å²) in [6, 6.07) is 10.1. The zero-order chi connectivity index (χ0) is 18.6. The Labute approximate surface area is 165 Å². The molecule has 0 bridgehead atoms. The number of rotatable bonds is 6. The molecule has 0 saturated carbocycles. The molecule has 7 nitrogen and oxygen atoms in total. The van der Waals surface area contributed by atoms with Gasteiger partial charge in [0.1, 0.15) is 12.0 Å². The second-order valence-electron chi connectivity index (χ2n) is 6.38. The first kappa shape index (κ1) is 21.4. The molecule has 148 valence electrons. The maximum atomic E-state index is 12.6. The quantitative estimate of drug-likeness (QED) is 0.753. The average molecular weight is 414 g/mol. The molecule has 1 aliphatic rings. The van der Waals surface area contributed by atoms with E-state index < -0.39 is 10.0 Å². The average Bonchev–Trinajstić information content (AvgIpc) is 3.16. The van der Waals surface area contributed by atoms with Crippen LogP contribution in [-0.2, 0) is 16.6 Å². The Balaban J connectivity index is 0.00000261. The van der Waals surface area contributed by atoms with E-state index in [-0.39, 0.29) is 30.8 Å². The van der Waals surface area contributed by atoms with Crippen LogP contribution >= 0.6 is 12.4 Å². The van der Waals surface area contributed by atoms with Crippen LogP contribution in [0.4, 0.5) is 0 Å². The molecule has 9 heteroatoms. The van der Waals surface area contributed by atoms with Crippen LogP contribution in [0.25, 0.3) is 0 Å². The Morgan fingerprint density at radius 1 is 1.22 bits per heavy atom. The van der Waals surface area contributed by atoms with Gasteiger partial charge < -0.3 is 15.5 Å². The fourth-order valence-electron chi connectivity index (χ4n) is 3.04.